The Labute approximate surface area is 131 Å². The van der Waals surface area contributed by atoms with Crippen molar-refractivity contribution < 1.29 is 31.2 Å². The van der Waals surface area contributed by atoms with Gasteiger partial charge in [-0.2, -0.15) is 17.5 Å². The summed E-state index contributed by atoms with van der Waals surface area (Å²) in [7, 11) is -2.91. The molecule has 1 aromatic rings. The average Bonchev–Trinajstić information content (AvgIpc) is 2.36. The molecule has 0 aliphatic carbocycles. The number of carbonyl (C=O) groups is 2. The zero-order chi connectivity index (χ0) is 17.8. The normalized spacial score (nSPS) is 12.3. The second kappa shape index (κ2) is 7.09. The third-order valence-electron chi connectivity index (χ3n) is 2.76. The number of likely N-dealkylation sites (N-methyl/N-ethyl adjacent to an activating group) is 1. The smallest absolute Gasteiger partial charge is 0.296 e. The maximum atomic E-state index is 12.6. The number of nitrogens with one attached hydrogen (secondary N) is 1. The summed E-state index contributed by atoms with van der Waals surface area (Å²) < 4.78 is 62.6. The van der Waals surface area contributed by atoms with Crippen LogP contribution in [0.4, 0.5) is 13.2 Å². The first-order valence-corrected chi connectivity index (χ1v) is 7.93. The molecule has 2 amide bonds. The Morgan fingerprint density at radius 2 is 1.87 bits per heavy atom. The molecule has 0 aliphatic rings. The van der Waals surface area contributed by atoms with Gasteiger partial charge in [-0.05, 0) is 11.6 Å². The number of imide groups is 1. The number of rotatable bonds is 5. The maximum Gasteiger partial charge on any atom is 0.416 e. The molecule has 0 saturated carbocycles. The molecular formula is C13H15F3N2O4S. The minimum atomic E-state index is -4.58. The van der Waals surface area contributed by atoms with E-state index in [-0.39, 0.29) is 5.56 Å². The minimum absolute atomic E-state index is 0.0568. The molecule has 0 radical (unpaired) electrons. The van der Waals surface area contributed by atoms with E-state index in [1.165, 1.54) is 6.07 Å². The van der Waals surface area contributed by atoms with E-state index in [1.54, 1.807) is 0 Å². The Bertz CT molecular complexity index is 701. The van der Waals surface area contributed by atoms with Crippen LogP contribution in [0.2, 0.25) is 0 Å². The van der Waals surface area contributed by atoms with E-state index >= 15 is 0 Å². The van der Waals surface area contributed by atoms with Crippen molar-refractivity contribution in [2.45, 2.75) is 18.9 Å². The molecule has 0 aliphatic heterocycles. The number of benzene rings is 1. The first-order valence-electron chi connectivity index (χ1n) is 6.32. The molecule has 0 saturated heterocycles. The van der Waals surface area contributed by atoms with Crippen LogP contribution >= 0.6 is 0 Å². The summed E-state index contributed by atoms with van der Waals surface area (Å²) >= 11 is 0. The van der Waals surface area contributed by atoms with Crippen molar-refractivity contribution in [3.8, 4) is 0 Å². The van der Waals surface area contributed by atoms with Crippen LogP contribution in [0.1, 0.15) is 18.1 Å². The standard InChI is InChI=1S/C13H15F3N2O4S/c1-9(19)17-12(20)7-18(2)23(21,22)8-10-4-3-5-11(6-10)13(14,15)16/h3-6H,7-8H2,1-2H3,(H,17,19,20). The lowest BCUT2D eigenvalue weighted by Gasteiger charge is -2.17. The van der Waals surface area contributed by atoms with Crippen LogP contribution in [-0.2, 0) is 31.5 Å². The van der Waals surface area contributed by atoms with Gasteiger partial charge >= 0.3 is 6.18 Å². The number of alkyl halides is 3. The second-order valence-electron chi connectivity index (χ2n) is 4.81. The van der Waals surface area contributed by atoms with Crippen molar-refractivity contribution in [2.24, 2.45) is 0 Å². The molecule has 0 aromatic heterocycles. The quantitative estimate of drug-likeness (QED) is 0.861. The van der Waals surface area contributed by atoms with Crippen LogP contribution in [0.25, 0.3) is 0 Å². The molecule has 0 fully saturated rings. The Hall–Kier alpha value is -1.94. The van der Waals surface area contributed by atoms with Crippen molar-refractivity contribution in [1.82, 2.24) is 9.62 Å². The van der Waals surface area contributed by atoms with E-state index in [2.05, 4.69) is 0 Å². The van der Waals surface area contributed by atoms with Gasteiger partial charge < -0.3 is 0 Å². The van der Waals surface area contributed by atoms with Gasteiger partial charge in [-0.3, -0.25) is 14.9 Å². The highest BCUT2D eigenvalue weighted by atomic mass is 32.2. The summed E-state index contributed by atoms with van der Waals surface area (Å²) in [6, 6.07) is 3.92. The van der Waals surface area contributed by atoms with Crippen molar-refractivity contribution in [1.29, 1.82) is 0 Å². The molecule has 0 atom stereocenters. The van der Waals surface area contributed by atoms with Gasteiger partial charge in [0.2, 0.25) is 21.8 Å². The Kier molecular flexibility index (Phi) is 5.89. The molecule has 0 heterocycles. The molecule has 0 bridgehead atoms. The highest BCUT2D eigenvalue weighted by Gasteiger charge is 2.31. The number of amides is 2. The minimum Gasteiger partial charge on any atom is -0.296 e. The van der Waals surface area contributed by atoms with Gasteiger partial charge in [-0.25, -0.2) is 8.42 Å². The van der Waals surface area contributed by atoms with Gasteiger partial charge in [0.1, 0.15) is 0 Å². The molecule has 1 rings (SSSR count). The van der Waals surface area contributed by atoms with Gasteiger partial charge in [0.15, 0.2) is 0 Å². The SMILES string of the molecule is CC(=O)NC(=O)CN(C)S(=O)(=O)Cc1cccc(C(F)(F)F)c1. The number of nitrogens with zero attached hydrogens (tertiary/aromatic N) is 1. The number of hydrogen-bond acceptors (Lipinski definition) is 4. The van der Waals surface area contributed by atoms with E-state index in [0.717, 1.165) is 32.2 Å². The summed E-state index contributed by atoms with van der Waals surface area (Å²) in [5.74, 6) is -2.16. The van der Waals surface area contributed by atoms with Gasteiger partial charge in [-0.15, -0.1) is 0 Å². The fraction of sp³-hybridized carbons (Fsp3) is 0.385. The topological polar surface area (TPSA) is 83.6 Å². The Balaban J connectivity index is 2.86. The summed E-state index contributed by atoms with van der Waals surface area (Å²) in [5.41, 5.74) is -1.01. The van der Waals surface area contributed by atoms with Crippen molar-refractivity contribution in [2.75, 3.05) is 13.6 Å². The summed E-state index contributed by atoms with van der Waals surface area (Å²) in [4.78, 5) is 22.1. The molecule has 0 unspecified atom stereocenters. The highest BCUT2D eigenvalue weighted by Crippen LogP contribution is 2.29. The molecule has 6 nitrogen and oxygen atoms in total. The number of hydrogen-bond donors (Lipinski definition) is 1. The van der Waals surface area contributed by atoms with Gasteiger partial charge in [0, 0.05) is 14.0 Å². The predicted octanol–water partition coefficient (Wildman–Crippen LogP) is 1.13. The second-order valence-corrected chi connectivity index (χ2v) is 6.89. The molecular weight excluding hydrogens is 337 g/mol. The van der Waals surface area contributed by atoms with Crippen LogP contribution in [0.3, 0.4) is 0 Å². The summed E-state index contributed by atoms with van der Waals surface area (Å²) in [6.45, 7) is 0.482. The molecule has 0 spiro atoms. The van der Waals surface area contributed by atoms with Crippen LogP contribution in [0, 0.1) is 0 Å². The van der Waals surface area contributed by atoms with Gasteiger partial charge in [-0.1, -0.05) is 18.2 Å². The predicted molar refractivity (Wildman–Crippen MR) is 75.5 cm³/mol. The summed E-state index contributed by atoms with van der Waals surface area (Å²) in [5, 5.41) is 1.91. The van der Waals surface area contributed by atoms with Crippen LogP contribution < -0.4 is 5.32 Å². The van der Waals surface area contributed by atoms with Gasteiger partial charge in [0.25, 0.3) is 0 Å². The Morgan fingerprint density at radius 3 is 2.39 bits per heavy atom. The monoisotopic (exact) mass is 352 g/mol. The maximum absolute atomic E-state index is 12.6. The van der Waals surface area contributed by atoms with Crippen LogP contribution in [0.5, 0.6) is 0 Å². The first-order chi connectivity index (χ1) is 10.4. The van der Waals surface area contributed by atoms with E-state index in [4.69, 9.17) is 0 Å². The van der Waals surface area contributed by atoms with E-state index in [9.17, 15) is 31.2 Å². The summed E-state index contributed by atoms with van der Waals surface area (Å²) in [6.07, 6.45) is -4.58. The number of carbonyl (C=O) groups excluding carboxylic acids is 2. The fourth-order valence-corrected chi connectivity index (χ4v) is 2.83. The van der Waals surface area contributed by atoms with Crippen molar-refractivity contribution in [3.05, 3.63) is 35.4 Å². The van der Waals surface area contributed by atoms with E-state index in [0.29, 0.717) is 4.31 Å². The van der Waals surface area contributed by atoms with E-state index in [1.807, 2.05) is 5.32 Å². The zero-order valence-electron chi connectivity index (χ0n) is 12.3. The molecule has 10 heteroatoms. The zero-order valence-corrected chi connectivity index (χ0v) is 13.2. The lowest BCUT2D eigenvalue weighted by atomic mass is 10.1. The lowest BCUT2D eigenvalue weighted by Crippen LogP contribution is -2.40. The molecule has 128 valence electrons. The van der Waals surface area contributed by atoms with Crippen LogP contribution in [-0.4, -0.2) is 38.1 Å². The molecule has 1 aromatic carbocycles. The number of sulfonamides is 1. The third-order valence-corrected chi connectivity index (χ3v) is 4.54. The number of halogens is 3. The van der Waals surface area contributed by atoms with E-state index < -0.39 is 45.9 Å². The average molecular weight is 352 g/mol. The highest BCUT2D eigenvalue weighted by molar-refractivity contribution is 7.88. The van der Waals surface area contributed by atoms with Crippen molar-refractivity contribution in [3.63, 3.8) is 0 Å². The Morgan fingerprint density at radius 1 is 1.26 bits per heavy atom. The van der Waals surface area contributed by atoms with Crippen LogP contribution in [0.15, 0.2) is 24.3 Å². The molecule has 1 N–H and O–H groups in total. The third kappa shape index (κ3) is 5.99. The fourth-order valence-electron chi connectivity index (χ4n) is 1.69. The van der Waals surface area contributed by atoms with Gasteiger partial charge in [0.05, 0.1) is 17.9 Å². The lowest BCUT2D eigenvalue weighted by molar-refractivity contribution is -0.137. The largest absolute Gasteiger partial charge is 0.416 e. The van der Waals surface area contributed by atoms with Crippen molar-refractivity contribution >= 4 is 21.8 Å². The first kappa shape index (κ1) is 19.1. The molecule has 23 heavy (non-hydrogen) atoms.